The number of hydrogen-bond donors (Lipinski definition) is 1. The molecule has 1 N–H and O–H groups in total. The fraction of sp³-hybridized carbons (Fsp3) is 0.632. The van der Waals surface area contributed by atoms with Crippen LogP contribution in [0.15, 0.2) is 24.3 Å². The molecule has 1 saturated carbocycles. The van der Waals surface area contributed by atoms with Gasteiger partial charge >= 0.3 is 0 Å². The van der Waals surface area contributed by atoms with Crippen molar-refractivity contribution in [1.29, 1.82) is 0 Å². The molecular formula is C19H27ClN2O. The fourth-order valence-electron chi connectivity index (χ4n) is 4.35. The zero-order chi connectivity index (χ0) is 15.2. The molecule has 3 aliphatic rings. The van der Waals surface area contributed by atoms with E-state index in [4.69, 9.17) is 0 Å². The van der Waals surface area contributed by atoms with Gasteiger partial charge in [0.15, 0.2) is 0 Å². The summed E-state index contributed by atoms with van der Waals surface area (Å²) in [5, 5.41) is 3.47. The van der Waals surface area contributed by atoms with Crippen molar-refractivity contribution in [2.75, 3.05) is 24.5 Å². The maximum atomic E-state index is 12.9. The normalized spacial score (nSPS) is 25.6. The Morgan fingerprint density at radius 3 is 2.87 bits per heavy atom. The molecule has 4 heteroatoms. The molecule has 2 atom stereocenters. The Bertz CT molecular complexity index is 578. The van der Waals surface area contributed by atoms with Gasteiger partial charge in [-0.2, -0.15) is 0 Å². The summed E-state index contributed by atoms with van der Waals surface area (Å²) in [6, 6.07) is 8.54. The van der Waals surface area contributed by atoms with Gasteiger partial charge in [0, 0.05) is 24.1 Å². The summed E-state index contributed by atoms with van der Waals surface area (Å²) in [5.74, 6) is 1.46. The molecule has 1 spiro atoms. The number of carbonyl (C=O) groups is 1. The quantitative estimate of drug-likeness (QED) is 0.917. The monoisotopic (exact) mass is 334 g/mol. The molecule has 4 rings (SSSR count). The summed E-state index contributed by atoms with van der Waals surface area (Å²) < 4.78 is 0. The summed E-state index contributed by atoms with van der Waals surface area (Å²) in [4.78, 5) is 15.0. The first-order valence-corrected chi connectivity index (χ1v) is 8.80. The molecular weight excluding hydrogens is 308 g/mol. The minimum absolute atomic E-state index is 0. The molecule has 1 aromatic rings. The van der Waals surface area contributed by atoms with Crippen molar-refractivity contribution in [2.45, 2.75) is 44.4 Å². The van der Waals surface area contributed by atoms with Crippen molar-refractivity contribution < 1.29 is 4.79 Å². The maximum absolute atomic E-state index is 12.9. The number of amides is 1. The lowest BCUT2D eigenvalue weighted by Gasteiger charge is -2.29. The molecule has 2 fully saturated rings. The topological polar surface area (TPSA) is 32.3 Å². The van der Waals surface area contributed by atoms with Gasteiger partial charge < -0.3 is 10.2 Å². The Balaban J connectivity index is 0.00000156. The second kappa shape index (κ2) is 6.45. The smallest absolute Gasteiger partial charge is 0.227 e. The third-order valence-electron chi connectivity index (χ3n) is 6.02. The lowest BCUT2D eigenvalue weighted by molar-refractivity contribution is -0.119. The van der Waals surface area contributed by atoms with Crippen molar-refractivity contribution in [1.82, 2.24) is 5.32 Å². The van der Waals surface area contributed by atoms with E-state index in [0.717, 1.165) is 19.6 Å². The SMILES string of the molecule is CC(CC(=O)N1CC2(CC2)c2ccccc21)C1CCCNC1.Cl. The number of nitrogens with zero attached hydrogens (tertiary/aromatic N) is 1. The van der Waals surface area contributed by atoms with E-state index >= 15 is 0 Å². The van der Waals surface area contributed by atoms with E-state index in [9.17, 15) is 4.79 Å². The minimum Gasteiger partial charge on any atom is -0.316 e. The fourth-order valence-corrected chi connectivity index (χ4v) is 4.35. The zero-order valence-corrected chi connectivity index (χ0v) is 14.7. The molecule has 23 heavy (non-hydrogen) atoms. The minimum atomic E-state index is 0. The first-order chi connectivity index (χ1) is 10.7. The van der Waals surface area contributed by atoms with Crippen molar-refractivity contribution in [3.8, 4) is 0 Å². The van der Waals surface area contributed by atoms with E-state index in [0.29, 0.717) is 29.6 Å². The van der Waals surface area contributed by atoms with Crippen molar-refractivity contribution in [3.63, 3.8) is 0 Å². The van der Waals surface area contributed by atoms with Crippen molar-refractivity contribution in [3.05, 3.63) is 29.8 Å². The van der Waals surface area contributed by atoms with Gasteiger partial charge in [0.05, 0.1) is 0 Å². The largest absolute Gasteiger partial charge is 0.316 e. The van der Waals surface area contributed by atoms with Crippen LogP contribution in [0.4, 0.5) is 5.69 Å². The number of hydrogen-bond acceptors (Lipinski definition) is 2. The highest BCUT2D eigenvalue weighted by molar-refractivity contribution is 5.96. The second-order valence-corrected chi connectivity index (χ2v) is 7.57. The van der Waals surface area contributed by atoms with E-state index in [-0.39, 0.29) is 12.4 Å². The van der Waals surface area contributed by atoms with E-state index in [1.54, 1.807) is 0 Å². The van der Waals surface area contributed by atoms with Crippen LogP contribution in [-0.2, 0) is 10.2 Å². The van der Waals surface area contributed by atoms with E-state index < -0.39 is 0 Å². The number of nitrogens with one attached hydrogen (secondary N) is 1. The third-order valence-corrected chi connectivity index (χ3v) is 6.02. The van der Waals surface area contributed by atoms with Crippen LogP contribution in [0.2, 0.25) is 0 Å². The molecule has 2 heterocycles. The van der Waals surface area contributed by atoms with Crippen LogP contribution < -0.4 is 10.2 Å². The van der Waals surface area contributed by atoms with Crippen LogP contribution in [0.5, 0.6) is 0 Å². The highest BCUT2D eigenvalue weighted by atomic mass is 35.5. The van der Waals surface area contributed by atoms with Gasteiger partial charge in [0.25, 0.3) is 0 Å². The lowest BCUT2D eigenvalue weighted by Crippen LogP contribution is -2.37. The van der Waals surface area contributed by atoms with Gasteiger partial charge in [-0.15, -0.1) is 12.4 Å². The van der Waals surface area contributed by atoms with Crippen LogP contribution in [0.1, 0.15) is 44.6 Å². The zero-order valence-electron chi connectivity index (χ0n) is 13.9. The van der Waals surface area contributed by atoms with Crippen LogP contribution in [0.3, 0.4) is 0 Å². The van der Waals surface area contributed by atoms with Crippen LogP contribution >= 0.6 is 12.4 Å². The molecule has 1 saturated heterocycles. The summed E-state index contributed by atoms with van der Waals surface area (Å²) in [6.45, 7) is 5.39. The number of carbonyl (C=O) groups excluding carboxylic acids is 1. The van der Waals surface area contributed by atoms with Crippen LogP contribution in [-0.4, -0.2) is 25.5 Å². The molecule has 2 unspecified atom stereocenters. The van der Waals surface area contributed by atoms with Gasteiger partial charge in [-0.25, -0.2) is 0 Å². The summed E-state index contributed by atoms with van der Waals surface area (Å²) in [7, 11) is 0. The third kappa shape index (κ3) is 3.01. The predicted molar refractivity (Wildman–Crippen MR) is 96.3 cm³/mol. The summed E-state index contributed by atoms with van der Waals surface area (Å²) in [6.07, 6.45) is 5.70. The average molecular weight is 335 g/mol. The molecule has 2 aliphatic heterocycles. The summed E-state index contributed by atoms with van der Waals surface area (Å²) >= 11 is 0. The van der Waals surface area contributed by atoms with Gasteiger partial charge in [-0.1, -0.05) is 25.1 Å². The number of halogens is 1. The second-order valence-electron chi connectivity index (χ2n) is 7.57. The van der Waals surface area contributed by atoms with E-state index in [1.807, 2.05) is 0 Å². The van der Waals surface area contributed by atoms with Gasteiger partial charge in [-0.05, 0) is 62.2 Å². The van der Waals surface area contributed by atoms with Crippen molar-refractivity contribution in [2.24, 2.45) is 11.8 Å². The number of piperidine rings is 1. The Morgan fingerprint density at radius 2 is 2.17 bits per heavy atom. The number of anilines is 1. The van der Waals surface area contributed by atoms with Gasteiger partial charge in [0.2, 0.25) is 5.91 Å². The molecule has 0 bridgehead atoms. The molecule has 126 valence electrons. The number of benzene rings is 1. The average Bonchev–Trinajstić information content (AvgIpc) is 3.26. The maximum Gasteiger partial charge on any atom is 0.227 e. The molecule has 1 aliphatic carbocycles. The van der Waals surface area contributed by atoms with E-state index in [2.05, 4.69) is 41.4 Å². The Hall–Kier alpha value is -1.06. The first-order valence-electron chi connectivity index (χ1n) is 8.80. The first kappa shape index (κ1) is 16.8. The molecule has 3 nitrogen and oxygen atoms in total. The highest BCUT2D eigenvalue weighted by Crippen LogP contribution is 2.56. The molecule has 1 aromatic carbocycles. The van der Waals surface area contributed by atoms with Crippen LogP contribution in [0, 0.1) is 11.8 Å². The number of rotatable bonds is 3. The summed E-state index contributed by atoms with van der Waals surface area (Å²) in [5.41, 5.74) is 2.90. The van der Waals surface area contributed by atoms with Gasteiger partial charge in [0.1, 0.15) is 0 Å². The van der Waals surface area contributed by atoms with Gasteiger partial charge in [-0.3, -0.25) is 4.79 Å². The Kier molecular flexibility index (Phi) is 4.70. The Labute approximate surface area is 145 Å². The number of fused-ring (bicyclic) bond motifs is 2. The van der Waals surface area contributed by atoms with E-state index in [1.165, 1.54) is 36.9 Å². The molecule has 1 amide bonds. The standard InChI is InChI=1S/C19H26N2O.ClH/c1-14(15-5-4-10-20-12-15)11-18(22)21-13-19(8-9-19)16-6-2-3-7-17(16)21;/h2-3,6-7,14-15,20H,4-5,8-13H2,1H3;1H. The molecule has 0 radical (unpaired) electrons. The van der Waals surface area contributed by atoms with Crippen molar-refractivity contribution >= 4 is 24.0 Å². The van der Waals surface area contributed by atoms with Crippen LogP contribution in [0.25, 0.3) is 0 Å². The predicted octanol–water partition coefficient (Wildman–Crippen LogP) is 3.51. The lowest BCUT2D eigenvalue weighted by atomic mass is 9.85. The highest BCUT2D eigenvalue weighted by Gasteiger charge is 2.52. The Morgan fingerprint density at radius 1 is 1.39 bits per heavy atom. The number of para-hydroxylation sites is 1. The molecule has 0 aromatic heterocycles.